The second-order valence-corrected chi connectivity index (χ2v) is 5.51. The van der Waals surface area contributed by atoms with Crippen molar-refractivity contribution in [1.29, 1.82) is 0 Å². The normalized spacial score (nSPS) is 10.9. The van der Waals surface area contributed by atoms with Gasteiger partial charge in [0.05, 0.1) is 17.5 Å². The van der Waals surface area contributed by atoms with Gasteiger partial charge >= 0.3 is 0 Å². The van der Waals surface area contributed by atoms with E-state index in [1.807, 2.05) is 24.3 Å². The molecular formula is C18H14N4O3. The number of ether oxygens (including phenoxy) is 1. The van der Waals surface area contributed by atoms with E-state index in [2.05, 4.69) is 15.0 Å². The zero-order valence-corrected chi connectivity index (χ0v) is 13.4. The fraction of sp³-hybridized carbons (Fsp3) is 0.111. The number of hydrogen-bond donors (Lipinski definition) is 0. The lowest BCUT2D eigenvalue weighted by molar-refractivity contribution is 0.300. The van der Waals surface area contributed by atoms with Crippen molar-refractivity contribution in [2.75, 3.05) is 0 Å². The molecule has 0 saturated heterocycles. The molecule has 124 valence electrons. The summed E-state index contributed by atoms with van der Waals surface area (Å²) in [5.41, 5.74) is 2.70. The van der Waals surface area contributed by atoms with Crippen LogP contribution in [-0.2, 0) is 13.7 Å². The van der Waals surface area contributed by atoms with E-state index in [1.54, 1.807) is 31.7 Å². The highest BCUT2D eigenvalue weighted by Gasteiger charge is 2.09. The second-order valence-electron chi connectivity index (χ2n) is 5.51. The van der Waals surface area contributed by atoms with Gasteiger partial charge in [-0.05, 0) is 24.3 Å². The number of fused-ring (bicyclic) bond motifs is 1. The van der Waals surface area contributed by atoms with E-state index in [0.717, 1.165) is 5.56 Å². The van der Waals surface area contributed by atoms with Crippen molar-refractivity contribution < 1.29 is 9.15 Å². The van der Waals surface area contributed by atoms with Crippen LogP contribution >= 0.6 is 0 Å². The van der Waals surface area contributed by atoms with Gasteiger partial charge < -0.3 is 13.7 Å². The van der Waals surface area contributed by atoms with Gasteiger partial charge in [0.2, 0.25) is 5.89 Å². The number of nitrogens with zero attached hydrogens (tertiary/aromatic N) is 4. The Morgan fingerprint density at radius 2 is 2.16 bits per heavy atom. The van der Waals surface area contributed by atoms with Crippen LogP contribution in [-0.4, -0.2) is 19.5 Å². The Morgan fingerprint density at radius 1 is 1.24 bits per heavy atom. The van der Waals surface area contributed by atoms with Crippen LogP contribution < -0.4 is 10.3 Å². The Bertz CT molecular complexity index is 1090. The predicted octanol–water partition coefficient (Wildman–Crippen LogP) is 2.56. The fourth-order valence-corrected chi connectivity index (χ4v) is 2.39. The molecule has 3 heterocycles. The maximum atomic E-state index is 11.3. The van der Waals surface area contributed by atoms with Crippen molar-refractivity contribution in [3.8, 4) is 17.2 Å². The van der Waals surface area contributed by atoms with Crippen molar-refractivity contribution in [2.45, 2.75) is 6.61 Å². The van der Waals surface area contributed by atoms with Gasteiger partial charge in [0, 0.05) is 31.7 Å². The molecule has 0 fully saturated rings. The molecule has 25 heavy (non-hydrogen) atoms. The minimum absolute atomic E-state index is 0.157. The van der Waals surface area contributed by atoms with Gasteiger partial charge in [-0.25, -0.2) is 4.98 Å². The van der Waals surface area contributed by atoms with Crippen LogP contribution in [0.2, 0.25) is 0 Å². The lowest BCUT2D eigenvalue weighted by Crippen LogP contribution is -2.17. The second kappa shape index (κ2) is 6.20. The van der Waals surface area contributed by atoms with E-state index < -0.39 is 0 Å². The summed E-state index contributed by atoms with van der Waals surface area (Å²) in [6, 6.07) is 9.15. The molecule has 0 amide bonds. The highest BCUT2D eigenvalue weighted by molar-refractivity contribution is 5.77. The first-order valence-corrected chi connectivity index (χ1v) is 7.64. The summed E-state index contributed by atoms with van der Waals surface area (Å²) in [6.07, 6.45) is 6.33. The summed E-state index contributed by atoms with van der Waals surface area (Å²) in [5, 5.41) is 0. The zero-order chi connectivity index (χ0) is 17.2. The van der Waals surface area contributed by atoms with Crippen molar-refractivity contribution in [1.82, 2.24) is 19.5 Å². The fourth-order valence-electron chi connectivity index (χ4n) is 2.39. The molecule has 0 saturated carbocycles. The molecule has 0 unspecified atom stereocenters. The third-order valence-corrected chi connectivity index (χ3v) is 3.69. The first kappa shape index (κ1) is 15.1. The van der Waals surface area contributed by atoms with Crippen molar-refractivity contribution in [3.05, 3.63) is 71.2 Å². The number of aryl methyl sites for hydroxylation is 1. The molecule has 0 N–H and O–H groups in total. The molecule has 4 rings (SSSR count). The quantitative estimate of drug-likeness (QED) is 0.570. The van der Waals surface area contributed by atoms with E-state index in [-0.39, 0.29) is 12.2 Å². The van der Waals surface area contributed by atoms with Gasteiger partial charge in [-0.2, -0.15) is 0 Å². The van der Waals surface area contributed by atoms with Crippen LogP contribution in [0.15, 0.2) is 64.3 Å². The molecule has 4 aromatic rings. The largest absolute Gasteiger partial charge is 0.487 e. The maximum absolute atomic E-state index is 11.3. The van der Waals surface area contributed by atoms with Crippen LogP contribution in [0.3, 0.4) is 0 Å². The maximum Gasteiger partial charge on any atom is 0.268 e. The average Bonchev–Trinajstić information content (AvgIpc) is 3.07. The van der Waals surface area contributed by atoms with Crippen LogP contribution in [0.1, 0.15) is 5.69 Å². The summed E-state index contributed by atoms with van der Waals surface area (Å²) in [5.74, 6) is 1.16. The zero-order valence-electron chi connectivity index (χ0n) is 13.4. The lowest BCUT2D eigenvalue weighted by Gasteiger charge is -2.06. The molecule has 0 radical (unpaired) electrons. The molecule has 0 bridgehead atoms. The Hall–Kier alpha value is -3.48. The van der Waals surface area contributed by atoms with Crippen molar-refractivity contribution >= 4 is 11.1 Å². The first-order chi connectivity index (χ1) is 12.2. The van der Waals surface area contributed by atoms with Crippen molar-refractivity contribution in [2.24, 2.45) is 7.05 Å². The lowest BCUT2D eigenvalue weighted by atomic mass is 10.3. The highest BCUT2D eigenvalue weighted by atomic mass is 16.5. The average molecular weight is 334 g/mol. The Kier molecular flexibility index (Phi) is 3.74. The standard InChI is InChI=1S/C18H14N4O3/c1-22-10-13(20-9-17(22)23)11-24-14-4-5-16-15(7-14)21-18(25-16)12-3-2-6-19-8-12/h2-10H,11H2,1H3. The topological polar surface area (TPSA) is 83.0 Å². The van der Waals surface area contributed by atoms with Gasteiger partial charge in [0.25, 0.3) is 5.56 Å². The van der Waals surface area contributed by atoms with Crippen LogP contribution in [0.25, 0.3) is 22.6 Å². The van der Waals surface area contributed by atoms with Gasteiger partial charge in [0.1, 0.15) is 17.9 Å². The SMILES string of the molecule is Cn1cc(COc2ccc3oc(-c4cccnc4)nc3c2)ncc1=O. The molecule has 3 aromatic heterocycles. The van der Waals surface area contributed by atoms with Gasteiger partial charge in [-0.15, -0.1) is 0 Å². The molecular weight excluding hydrogens is 320 g/mol. The van der Waals surface area contributed by atoms with Crippen molar-refractivity contribution in [3.63, 3.8) is 0 Å². The minimum Gasteiger partial charge on any atom is -0.487 e. The Morgan fingerprint density at radius 3 is 2.96 bits per heavy atom. The number of pyridine rings is 1. The van der Waals surface area contributed by atoms with E-state index in [1.165, 1.54) is 10.8 Å². The van der Waals surface area contributed by atoms with E-state index in [0.29, 0.717) is 28.4 Å². The third kappa shape index (κ3) is 3.12. The highest BCUT2D eigenvalue weighted by Crippen LogP contribution is 2.26. The van der Waals surface area contributed by atoms with Gasteiger partial charge in [-0.1, -0.05) is 0 Å². The Balaban J connectivity index is 1.56. The summed E-state index contributed by atoms with van der Waals surface area (Å²) >= 11 is 0. The predicted molar refractivity (Wildman–Crippen MR) is 91.1 cm³/mol. The third-order valence-electron chi connectivity index (χ3n) is 3.69. The molecule has 0 atom stereocenters. The van der Waals surface area contributed by atoms with E-state index >= 15 is 0 Å². The van der Waals surface area contributed by atoms with Crippen LogP contribution in [0, 0.1) is 0 Å². The van der Waals surface area contributed by atoms with Crippen LogP contribution in [0.5, 0.6) is 5.75 Å². The number of aromatic nitrogens is 4. The molecule has 0 aliphatic heterocycles. The molecule has 0 aliphatic carbocycles. The summed E-state index contributed by atoms with van der Waals surface area (Å²) in [4.78, 5) is 24.0. The molecule has 7 nitrogen and oxygen atoms in total. The number of rotatable bonds is 4. The monoisotopic (exact) mass is 334 g/mol. The first-order valence-electron chi connectivity index (χ1n) is 7.64. The van der Waals surface area contributed by atoms with Gasteiger partial charge in [0.15, 0.2) is 5.58 Å². The molecule has 7 heteroatoms. The number of hydrogen-bond acceptors (Lipinski definition) is 6. The van der Waals surface area contributed by atoms with Crippen LogP contribution in [0.4, 0.5) is 0 Å². The van der Waals surface area contributed by atoms with Gasteiger partial charge in [-0.3, -0.25) is 14.8 Å². The minimum atomic E-state index is -0.157. The summed E-state index contributed by atoms with van der Waals surface area (Å²) < 4.78 is 12.9. The molecule has 1 aromatic carbocycles. The molecule has 0 spiro atoms. The summed E-state index contributed by atoms with van der Waals surface area (Å²) in [6.45, 7) is 0.257. The Labute approximate surface area is 142 Å². The van der Waals surface area contributed by atoms with E-state index in [9.17, 15) is 4.79 Å². The summed E-state index contributed by atoms with van der Waals surface area (Å²) in [7, 11) is 1.68. The molecule has 0 aliphatic rings. The number of oxazole rings is 1. The number of benzene rings is 1. The van der Waals surface area contributed by atoms with E-state index in [4.69, 9.17) is 9.15 Å². The smallest absolute Gasteiger partial charge is 0.268 e.